The highest BCUT2D eigenvalue weighted by molar-refractivity contribution is 7.80. The Morgan fingerprint density at radius 2 is 1.78 bits per heavy atom. The number of dihydropyridines is 1. The maximum absolute atomic E-state index is 13.2. The van der Waals surface area contributed by atoms with Crippen LogP contribution in [0.5, 0.6) is 0 Å². The molecule has 1 heterocycles. The third kappa shape index (κ3) is 2.55. The quantitative estimate of drug-likeness (QED) is 0.483. The SMILES string of the molecule is CC1=C(C(N)=S)[C@@H](c2ccc([N+](=O)[O-])cc2)C2=C(N1)c1ccccc1C2=O. The monoisotopic (exact) mass is 377 g/mol. The van der Waals surface area contributed by atoms with Gasteiger partial charge in [-0.2, -0.15) is 0 Å². The van der Waals surface area contributed by atoms with Crippen LogP contribution in [0.2, 0.25) is 0 Å². The first-order valence-corrected chi connectivity index (χ1v) is 8.71. The molecule has 0 saturated heterocycles. The largest absolute Gasteiger partial charge is 0.390 e. The van der Waals surface area contributed by atoms with E-state index in [1.54, 1.807) is 18.2 Å². The van der Waals surface area contributed by atoms with E-state index in [0.717, 1.165) is 22.5 Å². The second-order valence-electron chi connectivity index (χ2n) is 6.47. The Kier molecular flexibility index (Phi) is 3.89. The van der Waals surface area contributed by atoms with Crippen molar-refractivity contribution in [3.63, 3.8) is 0 Å². The molecule has 2 aliphatic rings. The van der Waals surface area contributed by atoms with Gasteiger partial charge in [0.15, 0.2) is 5.78 Å². The number of nitro groups is 1. The summed E-state index contributed by atoms with van der Waals surface area (Å²) in [7, 11) is 0. The number of non-ortho nitro benzene ring substituents is 1. The summed E-state index contributed by atoms with van der Waals surface area (Å²) in [5.41, 5.74) is 10.9. The molecule has 0 radical (unpaired) electrons. The van der Waals surface area contributed by atoms with Crippen LogP contribution >= 0.6 is 12.2 Å². The average molecular weight is 377 g/mol. The standard InChI is InChI=1S/C20H15N3O3S/c1-10-15(20(21)27)16(11-6-8-12(9-7-11)23(25)26)17-18(22-10)13-4-2-3-5-14(13)19(17)24/h2-9,16,22H,1H3,(H2,21,27)/t16-/m1/s1. The predicted molar refractivity (Wildman–Crippen MR) is 106 cm³/mol. The van der Waals surface area contributed by atoms with E-state index in [0.29, 0.717) is 16.7 Å². The number of nitrogens with zero attached hydrogens (tertiary/aromatic N) is 1. The fraction of sp³-hybridized carbons (Fsp3) is 0.100. The van der Waals surface area contributed by atoms with Crippen molar-refractivity contribution in [3.8, 4) is 0 Å². The third-order valence-corrected chi connectivity index (χ3v) is 5.17. The topological polar surface area (TPSA) is 98.3 Å². The normalized spacial score (nSPS) is 18.1. The van der Waals surface area contributed by atoms with Crippen molar-refractivity contribution in [2.45, 2.75) is 12.8 Å². The Bertz CT molecular complexity index is 1080. The molecular formula is C20H15N3O3S. The van der Waals surface area contributed by atoms with Crippen molar-refractivity contribution in [1.82, 2.24) is 5.32 Å². The molecule has 1 aliphatic heterocycles. The highest BCUT2D eigenvalue weighted by Crippen LogP contribution is 2.46. The number of benzene rings is 2. The Hall–Kier alpha value is -3.32. The molecular weight excluding hydrogens is 362 g/mol. The predicted octanol–water partition coefficient (Wildman–Crippen LogP) is 3.45. The molecule has 0 saturated carbocycles. The number of nitrogens with one attached hydrogen (secondary N) is 1. The van der Waals surface area contributed by atoms with Crippen LogP contribution in [0.1, 0.15) is 34.3 Å². The molecule has 2 aromatic carbocycles. The number of carbonyl (C=O) groups excluding carboxylic acids is 1. The van der Waals surface area contributed by atoms with Gasteiger partial charge in [-0.15, -0.1) is 0 Å². The molecule has 0 fully saturated rings. The number of carbonyl (C=O) groups is 1. The molecule has 0 bridgehead atoms. The van der Waals surface area contributed by atoms with Gasteiger partial charge in [-0.25, -0.2) is 0 Å². The summed E-state index contributed by atoms with van der Waals surface area (Å²) in [6.45, 7) is 1.86. The first-order chi connectivity index (χ1) is 12.9. The Morgan fingerprint density at radius 3 is 2.37 bits per heavy atom. The van der Waals surface area contributed by atoms with Crippen LogP contribution in [0, 0.1) is 10.1 Å². The molecule has 27 heavy (non-hydrogen) atoms. The van der Waals surface area contributed by atoms with Crippen LogP contribution in [-0.2, 0) is 0 Å². The molecule has 7 heteroatoms. The van der Waals surface area contributed by atoms with E-state index in [4.69, 9.17) is 18.0 Å². The molecule has 4 rings (SSSR count). The molecule has 0 spiro atoms. The average Bonchev–Trinajstić information content (AvgIpc) is 2.93. The number of rotatable bonds is 3. The fourth-order valence-electron chi connectivity index (χ4n) is 3.78. The Balaban J connectivity index is 1.92. The van der Waals surface area contributed by atoms with Crippen LogP contribution in [-0.4, -0.2) is 15.7 Å². The minimum atomic E-state index is -0.473. The number of hydrogen-bond donors (Lipinski definition) is 2. The Labute approximate surface area is 160 Å². The second kappa shape index (κ2) is 6.14. The van der Waals surface area contributed by atoms with Crippen LogP contribution in [0.15, 0.2) is 65.4 Å². The maximum atomic E-state index is 13.2. The van der Waals surface area contributed by atoms with E-state index in [9.17, 15) is 14.9 Å². The van der Waals surface area contributed by atoms with Gasteiger partial charge in [0.05, 0.1) is 10.6 Å². The summed E-state index contributed by atoms with van der Waals surface area (Å²) in [6, 6.07) is 13.6. The highest BCUT2D eigenvalue weighted by Gasteiger charge is 2.41. The number of thiocarbonyl (C=S) groups is 1. The van der Waals surface area contributed by atoms with E-state index in [1.165, 1.54) is 12.1 Å². The molecule has 1 aliphatic carbocycles. The Morgan fingerprint density at radius 1 is 1.15 bits per heavy atom. The zero-order valence-corrected chi connectivity index (χ0v) is 15.2. The van der Waals surface area contributed by atoms with Gasteiger partial charge in [-0.1, -0.05) is 48.6 Å². The van der Waals surface area contributed by atoms with Gasteiger partial charge >= 0.3 is 0 Å². The number of allylic oxidation sites excluding steroid dienone is 2. The van der Waals surface area contributed by atoms with Crippen molar-refractivity contribution in [3.05, 3.63) is 92.2 Å². The molecule has 2 aromatic rings. The summed E-state index contributed by atoms with van der Waals surface area (Å²) >= 11 is 5.26. The highest BCUT2D eigenvalue weighted by atomic mass is 32.1. The van der Waals surface area contributed by atoms with Gasteiger partial charge in [0.1, 0.15) is 4.99 Å². The van der Waals surface area contributed by atoms with Crippen molar-refractivity contribution in [2.24, 2.45) is 5.73 Å². The van der Waals surface area contributed by atoms with Gasteiger partial charge in [0.2, 0.25) is 0 Å². The fourth-order valence-corrected chi connectivity index (χ4v) is 4.05. The number of Topliss-reactive ketones (excluding diaryl/α,β-unsaturated/α-hetero) is 1. The molecule has 0 unspecified atom stereocenters. The van der Waals surface area contributed by atoms with Crippen molar-refractivity contribution in [2.75, 3.05) is 0 Å². The minimum absolute atomic E-state index is 0.0134. The van der Waals surface area contributed by atoms with E-state index >= 15 is 0 Å². The lowest BCUT2D eigenvalue weighted by atomic mass is 9.80. The summed E-state index contributed by atoms with van der Waals surface area (Å²) < 4.78 is 0. The lowest BCUT2D eigenvalue weighted by molar-refractivity contribution is -0.384. The van der Waals surface area contributed by atoms with Crippen molar-refractivity contribution >= 4 is 34.4 Å². The first kappa shape index (κ1) is 17.1. The van der Waals surface area contributed by atoms with Crippen LogP contribution in [0.3, 0.4) is 0 Å². The van der Waals surface area contributed by atoms with E-state index in [2.05, 4.69) is 5.32 Å². The van der Waals surface area contributed by atoms with Gasteiger partial charge in [0, 0.05) is 46.0 Å². The van der Waals surface area contributed by atoms with E-state index < -0.39 is 10.8 Å². The number of hydrogen-bond acceptors (Lipinski definition) is 5. The number of ketones is 1. The molecule has 6 nitrogen and oxygen atoms in total. The van der Waals surface area contributed by atoms with Gasteiger partial charge < -0.3 is 11.1 Å². The lowest BCUT2D eigenvalue weighted by Crippen LogP contribution is -2.30. The lowest BCUT2D eigenvalue weighted by Gasteiger charge is -2.29. The van der Waals surface area contributed by atoms with Crippen molar-refractivity contribution < 1.29 is 9.72 Å². The zero-order valence-electron chi connectivity index (χ0n) is 14.4. The van der Waals surface area contributed by atoms with Crippen LogP contribution in [0.4, 0.5) is 5.69 Å². The number of nitrogens with two attached hydrogens (primary N) is 1. The van der Waals surface area contributed by atoms with Crippen LogP contribution in [0.25, 0.3) is 5.70 Å². The molecule has 0 amide bonds. The zero-order chi connectivity index (χ0) is 19.3. The first-order valence-electron chi connectivity index (χ1n) is 8.30. The third-order valence-electron chi connectivity index (χ3n) is 4.95. The summed E-state index contributed by atoms with van der Waals surface area (Å²) in [4.78, 5) is 23.9. The molecule has 3 N–H and O–H groups in total. The minimum Gasteiger partial charge on any atom is -0.390 e. The summed E-state index contributed by atoms with van der Waals surface area (Å²) in [5, 5.41) is 14.3. The molecule has 134 valence electrons. The van der Waals surface area contributed by atoms with Gasteiger partial charge in [-0.05, 0) is 12.5 Å². The smallest absolute Gasteiger partial charge is 0.269 e. The van der Waals surface area contributed by atoms with E-state index in [1.807, 2.05) is 25.1 Å². The number of fused-ring (bicyclic) bond motifs is 2. The maximum Gasteiger partial charge on any atom is 0.269 e. The molecule has 0 aromatic heterocycles. The van der Waals surface area contributed by atoms with Gasteiger partial charge in [-0.3, -0.25) is 14.9 Å². The number of nitro benzene ring substituents is 1. The van der Waals surface area contributed by atoms with E-state index in [-0.39, 0.29) is 16.5 Å². The van der Waals surface area contributed by atoms with Gasteiger partial charge in [0.25, 0.3) is 5.69 Å². The summed E-state index contributed by atoms with van der Waals surface area (Å²) in [6.07, 6.45) is 0. The second-order valence-corrected chi connectivity index (χ2v) is 6.91. The molecule has 1 atom stereocenters. The van der Waals surface area contributed by atoms with Crippen molar-refractivity contribution in [1.29, 1.82) is 0 Å². The van der Waals surface area contributed by atoms with Crippen LogP contribution < -0.4 is 11.1 Å². The summed E-state index contributed by atoms with van der Waals surface area (Å²) in [5.74, 6) is -0.558.